The first-order chi connectivity index (χ1) is 7.74. The van der Waals surface area contributed by atoms with E-state index in [-0.39, 0.29) is 5.69 Å². The van der Waals surface area contributed by atoms with Gasteiger partial charge in [0.25, 0.3) is 0 Å². The number of hydrogen-bond donors (Lipinski definition) is 1. The molecule has 1 aromatic heterocycles. The van der Waals surface area contributed by atoms with Gasteiger partial charge in [-0.05, 0) is 12.5 Å². The van der Waals surface area contributed by atoms with Gasteiger partial charge in [0.1, 0.15) is 0 Å². The first-order valence-electron chi connectivity index (χ1n) is 5.07. The van der Waals surface area contributed by atoms with Crippen LogP contribution in [0.5, 0.6) is 0 Å². The van der Waals surface area contributed by atoms with Gasteiger partial charge in [0, 0.05) is 26.5 Å². The fourth-order valence-corrected chi connectivity index (χ4v) is 1.17. The normalized spacial score (nSPS) is 10.6. The van der Waals surface area contributed by atoms with Crippen LogP contribution < -0.4 is 0 Å². The molecule has 1 aromatic rings. The van der Waals surface area contributed by atoms with Gasteiger partial charge in [0.05, 0.1) is 13.2 Å². The zero-order valence-electron chi connectivity index (χ0n) is 9.26. The van der Waals surface area contributed by atoms with Crippen molar-refractivity contribution < 1.29 is 19.4 Å². The Morgan fingerprint density at radius 2 is 2.31 bits per heavy atom. The molecule has 0 spiro atoms. The second-order valence-electron chi connectivity index (χ2n) is 3.23. The van der Waals surface area contributed by atoms with Crippen molar-refractivity contribution in [3.63, 3.8) is 0 Å². The van der Waals surface area contributed by atoms with E-state index in [1.165, 1.54) is 6.07 Å². The monoisotopic (exact) mass is 228 g/mol. The fourth-order valence-electron chi connectivity index (χ4n) is 1.17. The van der Waals surface area contributed by atoms with Crippen molar-refractivity contribution in [1.82, 2.24) is 9.78 Å². The molecule has 1 rings (SSSR count). The average Bonchev–Trinajstić information content (AvgIpc) is 2.72. The van der Waals surface area contributed by atoms with E-state index in [1.807, 2.05) is 0 Å². The Morgan fingerprint density at radius 1 is 1.50 bits per heavy atom. The van der Waals surface area contributed by atoms with Gasteiger partial charge in [-0.1, -0.05) is 0 Å². The number of rotatable bonds is 8. The average molecular weight is 228 g/mol. The molecule has 0 aromatic carbocycles. The van der Waals surface area contributed by atoms with Crippen LogP contribution in [0.25, 0.3) is 0 Å². The van der Waals surface area contributed by atoms with Crippen LogP contribution in [-0.4, -0.2) is 47.8 Å². The summed E-state index contributed by atoms with van der Waals surface area (Å²) in [5.74, 6) is -1.01. The number of hydrogen-bond acceptors (Lipinski definition) is 4. The number of ether oxygens (including phenoxy) is 2. The van der Waals surface area contributed by atoms with Crippen LogP contribution in [0, 0.1) is 0 Å². The molecule has 0 aliphatic rings. The molecule has 0 atom stereocenters. The lowest BCUT2D eigenvalue weighted by atomic mass is 10.5. The molecular formula is C10H16N2O4. The zero-order chi connectivity index (χ0) is 11.8. The highest BCUT2D eigenvalue weighted by molar-refractivity contribution is 5.84. The predicted molar refractivity (Wildman–Crippen MR) is 56.5 cm³/mol. The van der Waals surface area contributed by atoms with E-state index in [9.17, 15) is 4.79 Å². The van der Waals surface area contributed by atoms with E-state index in [0.717, 1.165) is 6.42 Å². The summed E-state index contributed by atoms with van der Waals surface area (Å²) in [5, 5.41) is 12.5. The minimum atomic E-state index is -1.01. The van der Waals surface area contributed by atoms with E-state index >= 15 is 0 Å². The minimum Gasteiger partial charge on any atom is -0.476 e. The summed E-state index contributed by atoms with van der Waals surface area (Å²) in [5.41, 5.74) is 0.0550. The van der Waals surface area contributed by atoms with Crippen LogP contribution >= 0.6 is 0 Å². The van der Waals surface area contributed by atoms with Crippen molar-refractivity contribution in [2.75, 3.05) is 26.9 Å². The van der Waals surface area contributed by atoms with E-state index in [2.05, 4.69) is 5.10 Å². The second-order valence-corrected chi connectivity index (χ2v) is 3.23. The number of methoxy groups -OCH3 is 1. The zero-order valence-corrected chi connectivity index (χ0v) is 9.26. The Hall–Kier alpha value is -1.40. The Morgan fingerprint density at radius 3 is 2.94 bits per heavy atom. The molecule has 1 heterocycles. The molecule has 0 radical (unpaired) electrons. The number of aromatic nitrogens is 2. The van der Waals surface area contributed by atoms with Gasteiger partial charge >= 0.3 is 5.97 Å². The lowest BCUT2D eigenvalue weighted by Gasteiger charge is -2.03. The third kappa shape index (κ3) is 4.41. The summed E-state index contributed by atoms with van der Waals surface area (Å²) in [4.78, 5) is 10.5. The highest BCUT2D eigenvalue weighted by atomic mass is 16.5. The quantitative estimate of drug-likeness (QED) is 0.661. The molecule has 6 heteroatoms. The predicted octanol–water partition coefficient (Wildman–Crippen LogP) is 0.634. The van der Waals surface area contributed by atoms with Crippen LogP contribution in [-0.2, 0) is 16.0 Å². The molecule has 0 amide bonds. The lowest BCUT2D eigenvalue weighted by Crippen LogP contribution is -2.09. The summed E-state index contributed by atoms with van der Waals surface area (Å²) in [7, 11) is 1.65. The van der Waals surface area contributed by atoms with Crippen LogP contribution in [0.1, 0.15) is 16.9 Å². The Balaban J connectivity index is 2.14. The summed E-state index contributed by atoms with van der Waals surface area (Å²) in [6, 6.07) is 1.47. The van der Waals surface area contributed by atoms with Gasteiger partial charge in [-0.2, -0.15) is 5.10 Å². The Labute approximate surface area is 93.8 Å². The van der Waals surface area contributed by atoms with Gasteiger partial charge in [0.2, 0.25) is 0 Å². The first kappa shape index (κ1) is 12.7. The van der Waals surface area contributed by atoms with Gasteiger partial charge in [-0.25, -0.2) is 4.79 Å². The largest absolute Gasteiger partial charge is 0.476 e. The van der Waals surface area contributed by atoms with Gasteiger partial charge < -0.3 is 14.6 Å². The number of nitrogens with zero attached hydrogens (tertiary/aromatic N) is 2. The lowest BCUT2D eigenvalue weighted by molar-refractivity contribution is 0.0687. The second kappa shape index (κ2) is 6.97. The van der Waals surface area contributed by atoms with Crippen molar-refractivity contribution in [2.45, 2.75) is 13.0 Å². The standard InChI is InChI=1S/C10H16N2O4/c1-15-6-2-7-16-8-5-12-4-3-9(11-12)10(13)14/h3-4H,2,5-8H2,1H3,(H,13,14). The molecule has 0 bridgehead atoms. The van der Waals surface area contributed by atoms with Crippen LogP contribution in [0.2, 0.25) is 0 Å². The van der Waals surface area contributed by atoms with Gasteiger partial charge in [-0.15, -0.1) is 0 Å². The molecular weight excluding hydrogens is 212 g/mol. The molecule has 0 aliphatic heterocycles. The number of aromatic carboxylic acids is 1. The van der Waals surface area contributed by atoms with Gasteiger partial charge in [0.15, 0.2) is 5.69 Å². The van der Waals surface area contributed by atoms with Crippen molar-refractivity contribution in [1.29, 1.82) is 0 Å². The fraction of sp³-hybridized carbons (Fsp3) is 0.600. The van der Waals surface area contributed by atoms with E-state index < -0.39 is 5.97 Å². The molecule has 1 N–H and O–H groups in total. The van der Waals surface area contributed by atoms with Crippen molar-refractivity contribution >= 4 is 5.97 Å². The highest BCUT2D eigenvalue weighted by Gasteiger charge is 2.05. The topological polar surface area (TPSA) is 73.6 Å². The summed E-state index contributed by atoms with van der Waals surface area (Å²) in [6.07, 6.45) is 2.48. The molecule has 6 nitrogen and oxygen atoms in total. The highest BCUT2D eigenvalue weighted by Crippen LogP contribution is 1.95. The van der Waals surface area contributed by atoms with Crippen LogP contribution in [0.15, 0.2) is 12.3 Å². The maximum Gasteiger partial charge on any atom is 0.356 e. The van der Waals surface area contributed by atoms with Crippen molar-refractivity contribution in [2.24, 2.45) is 0 Å². The first-order valence-corrected chi connectivity index (χ1v) is 5.07. The Kier molecular flexibility index (Phi) is 5.52. The SMILES string of the molecule is COCCCOCCn1ccc(C(=O)O)n1. The number of carboxylic acids is 1. The minimum absolute atomic E-state index is 0.0550. The van der Waals surface area contributed by atoms with Crippen LogP contribution in [0.3, 0.4) is 0 Å². The summed E-state index contributed by atoms with van der Waals surface area (Å²) in [6.45, 7) is 2.40. The van der Waals surface area contributed by atoms with E-state index in [1.54, 1.807) is 18.0 Å². The van der Waals surface area contributed by atoms with Crippen LogP contribution in [0.4, 0.5) is 0 Å². The van der Waals surface area contributed by atoms with E-state index in [4.69, 9.17) is 14.6 Å². The molecule has 16 heavy (non-hydrogen) atoms. The number of carbonyl (C=O) groups is 1. The van der Waals surface area contributed by atoms with Crippen molar-refractivity contribution in [3.05, 3.63) is 18.0 Å². The smallest absolute Gasteiger partial charge is 0.356 e. The van der Waals surface area contributed by atoms with Crippen molar-refractivity contribution in [3.8, 4) is 0 Å². The molecule has 0 unspecified atom stereocenters. The van der Waals surface area contributed by atoms with Gasteiger partial charge in [-0.3, -0.25) is 4.68 Å². The molecule has 0 aliphatic carbocycles. The third-order valence-electron chi connectivity index (χ3n) is 1.96. The molecule has 0 saturated heterocycles. The Bertz CT molecular complexity index is 324. The molecule has 90 valence electrons. The maximum atomic E-state index is 10.5. The molecule has 0 fully saturated rings. The van der Waals surface area contributed by atoms with E-state index in [0.29, 0.717) is 26.4 Å². The summed E-state index contributed by atoms with van der Waals surface area (Å²) >= 11 is 0. The maximum absolute atomic E-state index is 10.5. The third-order valence-corrected chi connectivity index (χ3v) is 1.96. The number of carboxylic acid groups (broad SMARTS) is 1. The molecule has 0 saturated carbocycles. The summed E-state index contributed by atoms with van der Waals surface area (Å²) < 4.78 is 11.7.